The van der Waals surface area contributed by atoms with Crippen LogP contribution in [0, 0.1) is 0 Å². The average molecular weight is 407 g/mol. The van der Waals surface area contributed by atoms with Gasteiger partial charge in [0, 0.05) is 19.3 Å². The molecule has 0 saturated carbocycles. The summed E-state index contributed by atoms with van der Waals surface area (Å²) in [6.45, 7) is 3.22. The summed E-state index contributed by atoms with van der Waals surface area (Å²) in [5.74, 6) is 1.14. The molecule has 1 aromatic heterocycles. The Bertz CT molecular complexity index is 809. The van der Waals surface area contributed by atoms with E-state index in [1.54, 1.807) is 37.5 Å². The van der Waals surface area contributed by atoms with Gasteiger partial charge in [-0.05, 0) is 36.8 Å². The molecular weight excluding hydrogens is 384 g/mol. The highest BCUT2D eigenvalue weighted by atomic mass is 35.5. The number of amides is 1. The summed E-state index contributed by atoms with van der Waals surface area (Å²) in [6.07, 6.45) is 4.56. The fourth-order valence-electron chi connectivity index (χ4n) is 2.27. The molecule has 1 amide bonds. The van der Waals surface area contributed by atoms with Gasteiger partial charge in [-0.25, -0.2) is 4.98 Å². The van der Waals surface area contributed by atoms with E-state index in [0.717, 1.165) is 0 Å². The highest BCUT2D eigenvalue weighted by molar-refractivity contribution is 6.32. The second-order valence-corrected chi connectivity index (χ2v) is 5.92. The zero-order valence-electron chi connectivity index (χ0n) is 16.0. The van der Waals surface area contributed by atoms with Crippen molar-refractivity contribution in [3.05, 3.63) is 47.1 Å². The number of nitrogens with one attached hydrogen (secondary N) is 1. The maximum atomic E-state index is 12.1. The predicted octanol–water partition coefficient (Wildman–Crippen LogP) is 3.82. The number of benzene rings is 1. The Morgan fingerprint density at radius 1 is 1.21 bits per heavy atom. The lowest BCUT2D eigenvalue weighted by molar-refractivity contribution is -0.111. The van der Waals surface area contributed by atoms with E-state index in [0.29, 0.717) is 53.5 Å². The maximum absolute atomic E-state index is 12.1. The largest absolute Gasteiger partial charge is 0.491 e. The lowest BCUT2D eigenvalue weighted by Crippen LogP contribution is -2.09. The molecular formula is C20H23ClN2O5. The van der Waals surface area contributed by atoms with E-state index in [1.807, 2.05) is 6.92 Å². The molecule has 1 N–H and O–H groups in total. The first-order valence-electron chi connectivity index (χ1n) is 8.64. The molecule has 0 aliphatic carbocycles. The van der Waals surface area contributed by atoms with Gasteiger partial charge in [-0.1, -0.05) is 11.6 Å². The predicted molar refractivity (Wildman–Crippen MR) is 108 cm³/mol. The van der Waals surface area contributed by atoms with Gasteiger partial charge in [-0.2, -0.15) is 0 Å². The first-order chi connectivity index (χ1) is 13.6. The third-order valence-corrected chi connectivity index (χ3v) is 3.79. The number of halogens is 1. The Labute approximate surface area is 169 Å². The van der Waals surface area contributed by atoms with Crippen molar-refractivity contribution in [3.8, 4) is 17.4 Å². The molecule has 0 atom stereocenters. The number of carbonyl (C=O) groups is 1. The van der Waals surface area contributed by atoms with Crippen molar-refractivity contribution in [3.63, 3.8) is 0 Å². The molecule has 7 nitrogen and oxygen atoms in total. The second kappa shape index (κ2) is 11.2. The van der Waals surface area contributed by atoms with Gasteiger partial charge >= 0.3 is 0 Å². The summed E-state index contributed by atoms with van der Waals surface area (Å²) in [7, 11) is 3.12. The van der Waals surface area contributed by atoms with E-state index in [9.17, 15) is 4.79 Å². The van der Waals surface area contributed by atoms with Crippen molar-refractivity contribution in [1.29, 1.82) is 0 Å². The van der Waals surface area contributed by atoms with Gasteiger partial charge in [0.05, 0.1) is 37.2 Å². The third kappa shape index (κ3) is 6.44. The van der Waals surface area contributed by atoms with Gasteiger partial charge in [-0.15, -0.1) is 0 Å². The van der Waals surface area contributed by atoms with E-state index >= 15 is 0 Å². The van der Waals surface area contributed by atoms with Crippen molar-refractivity contribution in [2.24, 2.45) is 0 Å². The van der Waals surface area contributed by atoms with Crippen molar-refractivity contribution in [2.75, 3.05) is 39.4 Å². The highest BCUT2D eigenvalue weighted by Gasteiger charge is 2.10. The number of rotatable bonds is 10. The lowest BCUT2D eigenvalue weighted by atomic mass is 10.2. The number of nitrogens with zero attached hydrogens (tertiary/aromatic N) is 1. The van der Waals surface area contributed by atoms with Crippen LogP contribution in [-0.4, -0.2) is 44.9 Å². The summed E-state index contributed by atoms with van der Waals surface area (Å²) in [5.41, 5.74) is 1.26. The van der Waals surface area contributed by atoms with Crippen LogP contribution in [0.1, 0.15) is 12.5 Å². The molecule has 0 aliphatic heterocycles. The van der Waals surface area contributed by atoms with E-state index in [2.05, 4.69) is 10.3 Å². The van der Waals surface area contributed by atoms with Gasteiger partial charge in [-0.3, -0.25) is 4.79 Å². The monoisotopic (exact) mass is 406 g/mol. The van der Waals surface area contributed by atoms with E-state index in [-0.39, 0.29) is 5.91 Å². The molecule has 2 aromatic rings. The van der Waals surface area contributed by atoms with Gasteiger partial charge in [0.2, 0.25) is 11.8 Å². The smallest absolute Gasteiger partial charge is 0.248 e. The van der Waals surface area contributed by atoms with E-state index in [1.165, 1.54) is 19.4 Å². The summed E-state index contributed by atoms with van der Waals surface area (Å²) in [5, 5.41) is 3.13. The van der Waals surface area contributed by atoms with Gasteiger partial charge < -0.3 is 24.3 Å². The van der Waals surface area contributed by atoms with Crippen LogP contribution in [0.15, 0.2) is 36.5 Å². The molecule has 0 unspecified atom stereocenters. The SMILES string of the molecule is CCOc1cc(/C=C/C(=O)Nc2ccc(OCCOC)nc2)cc(Cl)c1OC. The Morgan fingerprint density at radius 2 is 2.04 bits per heavy atom. The van der Waals surface area contributed by atoms with Crippen LogP contribution in [-0.2, 0) is 9.53 Å². The van der Waals surface area contributed by atoms with Gasteiger partial charge in [0.1, 0.15) is 6.61 Å². The van der Waals surface area contributed by atoms with Gasteiger partial charge in [0.25, 0.3) is 0 Å². The normalized spacial score (nSPS) is 10.7. The molecule has 28 heavy (non-hydrogen) atoms. The standard InChI is InChI=1S/C20H23ClN2O5/c1-4-27-17-12-14(11-16(21)20(17)26-3)5-7-18(24)23-15-6-8-19(22-13-15)28-10-9-25-2/h5-8,11-13H,4,9-10H2,1-3H3,(H,23,24)/b7-5+. The highest BCUT2D eigenvalue weighted by Crippen LogP contribution is 2.36. The van der Waals surface area contributed by atoms with Crippen LogP contribution in [0.3, 0.4) is 0 Å². The summed E-state index contributed by atoms with van der Waals surface area (Å²) >= 11 is 6.21. The van der Waals surface area contributed by atoms with E-state index < -0.39 is 0 Å². The molecule has 0 spiro atoms. The van der Waals surface area contributed by atoms with Crippen LogP contribution in [0.5, 0.6) is 17.4 Å². The Balaban J connectivity index is 1.99. The topological polar surface area (TPSA) is 78.9 Å². The summed E-state index contributed by atoms with van der Waals surface area (Å²) in [6, 6.07) is 6.83. The number of hydrogen-bond donors (Lipinski definition) is 1. The third-order valence-electron chi connectivity index (χ3n) is 3.50. The molecule has 0 saturated heterocycles. The molecule has 1 aromatic carbocycles. The number of pyridine rings is 1. The van der Waals surface area contributed by atoms with Crippen molar-refractivity contribution in [1.82, 2.24) is 4.98 Å². The molecule has 150 valence electrons. The van der Waals surface area contributed by atoms with Crippen molar-refractivity contribution < 1.29 is 23.7 Å². The van der Waals surface area contributed by atoms with E-state index in [4.69, 9.17) is 30.5 Å². The van der Waals surface area contributed by atoms with Crippen molar-refractivity contribution >= 4 is 29.3 Å². The first kappa shape index (κ1) is 21.5. The summed E-state index contributed by atoms with van der Waals surface area (Å²) in [4.78, 5) is 16.3. The van der Waals surface area contributed by atoms with Crippen molar-refractivity contribution in [2.45, 2.75) is 6.92 Å². The fraction of sp³-hybridized carbons (Fsp3) is 0.300. The second-order valence-electron chi connectivity index (χ2n) is 5.52. The number of ether oxygens (including phenoxy) is 4. The zero-order chi connectivity index (χ0) is 20.4. The Kier molecular flexibility index (Phi) is 8.58. The molecule has 0 bridgehead atoms. The van der Waals surface area contributed by atoms with Gasteiger partial charge in [0.15, 0.2) is 11.5 Å². The number of hydrogen-bond acceptors (Lipinski definition) is 6. The fourth-order valence-corrected chi connectivity index (χ4v) is 2.57. The Morgan fingerprint density at radius 3 is 2.68 bits per heavy atom. The zero-order valence-corrected chi connectivity index (χ0v) is 16.8. The molecule has 0 radical (unpaired) electrons. The molecule has 1 heterocycles. The van der Waals surface area contributed by atoms with Crippen LogP contribution in [0.25, 0.3) is 6.08 Å². The number of carbonyl (C=O) groups excluding carboxylic acids is 1. The van der Waals surface area contributed by atoms with Crippen LogP contribution in [0.2, 0.25) is 5.02 Å². The average Bonchev–Trinajstić information content (AvgIpc) is 2.68. The minimum atomic E-state index is -0.306. The lowest BCUT2D eigenvalue weighted by Gasteiger charge is -2.11. The Hall–Kier alpha value is -2.77. The van der Waals surface area contributed by atoms with Crippen LogP contribution >= 0.6 is 11.6 Å². The minimum Gasteiger partial charge on any atom is -0.491 e. The summed E-state index contributed by atoms with van der Waals surface area (Å²) < 4.78 is 21.0. The van der Waals surface area contributed by atoms with Crippen LogP contribution < -0.4 is 19.5 Å². The molecule has 8 heteroatoms. The molecule has 0 fully saturated rings. The minimum absolute atomic E-state index is 0.306. The first-order valence-corrected chi connectivity index (χ1v) is 9.02. The number of methoxy groups -OCH3 is 2. The number of aromatic nitrogens is 1. The number of anilines is 1. The maximum Gasteiger partial charge on any atom is 0.248 e. The van der Waals surface area contributed by atoms with Crippen LogP contribution in [0.4, 0.5) is 5.69 Å². The quantitative estimate of drug-likeness (QED) is 0.477. The molecule has 2 rings (SSSR count). The molecule has 0 aliphatic rings.